The van der Waals surface area contributed by atoms with Crippen LogP contribution in [0, 0.1) is 0 Å². The molecule has 0 aromatic carbocycles. The van der Waals surface area contributed by atoms with Crippen LogP contribution in [0.2, 0.25) is 0 Å². The lowest BCUT2D eigenvalue weighted by molar-refractivity contribution is -0.147. The van der Waals surface area contributed by atoms with Crippen molar-refractivity contribution in [2.24, 2.45) is 0 Å². The van der Waals surface area contributed by atoms with Gasteiger partial charge in [-0.1, -0.05) is 0 Å². The van der Waals surface area contributed by atoms with Crippen LogP contribution in [-0.4, -0.2) is 68.9 Å². The maximum absolute atomic E-state index is 11.8. The first-order valence-corrected chi connectivity index (χ1v) is 6.26. The van der Waals surface area contributed by atoms with E-state index >= 15 is 0 Å². The van der Waals surface area contributed by atoms with Gasteiger partial charge in [-0.3, -0.25) is 4.79 Å². The quantitative estimate of drug-likeness (QED) is 0.519. The summed E-state index contributed by atoms with van der Waals surface area (Å²) in [7, 11) is 1.60. The molecule has 100 valence electrons. The number of morpholine rings is 1. The molecule has 1 saturated heterocycles. The van der Waals surface area contributed by atoms with E-state index in [-0.39, 0.29) is 24.7 Å². The lowest BCUT2D eigenvalue weighted by atomic mass is 10.2. The third-order valence-corrected chi connectivity index (χ3v) is 2.85. The number of nitrogens with zero attached hydrogens (tertiary/aromatic N) is 1. The van der Waals surface area contributed by atoms with Crippen molar-refractivity contribution in [2.45, 2.75) is 19.1 Å². The van der Waals surface area contributed by atoms with E-state index in [1.54, 1.807) is 12.0 Å². The van der Waals surface area contributed by atoms with Gasteiger partial charge in [-0.2, -0.15) is 0 Å². The Labute approximate surface area is 107 Å². The van der Waals surface area contributed by atoms with Crippen LogP contribution in [-0.2, 0) is 19.0 Å². The molecule has 1 rings (SSSR count). The molecule has 1 heterocycles. The highest BCUT2D eigenvalue weighted by Gasteiger charge is 2.27. The fraction of sp³-hybridized carbons (Fsp3) is 0.909. The summed E-state index contributed by atoms with van der Waals surface area (Å²) >= 11 is 5.75. The van der Waals surface area contributed by atoms with Crippen LogP contribution < -0.4 is 0 Å². The second-order valence-electron chi connectivity index (χ2n) is 4.07. The highest BCUT2D eigenvalue weighted by Crippen LogP contribution is 2.12. The number of carbonyl (C=O) groups is 1. The van der Waals surface area contributed by atoms with Gasteiger partial charge in [0.15, 0.2) is 0 Å². The van der Waals surface area contributed by atoms with Gasteiger partial charge in [-0.05, 0) is 6.92 Å². The van der Waals surface area contributed by atoms with E-state index in [4.69, 9.17) is 25.8 Å². The minimum absolute atomic E-state index is 0.0219. The van der Waals surface area contributed by atoms with Crippen molar-refractivity contribution >= 4 is 17.5 Å². The molecular formula is C11H20ClNO4. The zero-order valence-electron chi connectivity index (χ0n) is 10.4. The fourth-order valence-electron chi connectivity index (χ4n) is 1.73. The number of hydrogen-bond donors (Lipinski definition) is 0. The number of amides is 1. The number of methoxy groups -OCH3 is 1. The molecule has 2 atom stereocenters. The van der Waals surface area contributed by atoms with Crippen LogP contribution in [0.1, 0.15) is 6.92 Å². The highest BCUT2D eigenvalue weighted by atomic mass is 35.5. The van der Waals surface area contributed by atoms with Gasteiger partial charge >= 0.3 is 0 Å². The Kier molecular flexibility index (Phi) is 6.80. The van der Waals surface area contributed by atoms with E-state index in [9.17, 15) is 4.79 Å². The van der Waals surface area contributed by atoms with E-state index in [1.807, 2.05) is 6.92 Å². The SMILES string of the molecule is COCCOCC(=O)N1CC(C)OC(CCl)C1. The molecule has 0 saturated carbocycles. The topological polar surface area (TPSA) is 48.0 Å². The summed E-state index contributed by atoms with van der Waals surface area (Å²) in [6, 6.07) is 0. The fourth-order valence-corrected chi connectivity index (χ4v) is 1.90. The average molecular weight is 266 g/mol. The van der Waals surface area contributed by atoms with Gasteiger partial charge in [0, 0.05) is 20.2 Å². The molecule has 0 bridgehead atoms. The predicted molar refractivity (Wildman–Crippen MR) is 64.3 cm³/mol. The third kappa shape index (κ3) is 5.21. The number of rotatable bonds is 6. The van der Waals surface area contributed by atoms with Gasteiger partial charge in [0.1, 0.15) is 6.61 Å². The number of carbonyl (C=O) groups excluding carboxylic acids is 1. The molecule has 1 amide bonds. The Hall–Kier alpha value is -0.360. The van der Waals surface area contributed by atoms with Crippen molar-refractivity contribution in [1.82, 2.24) is 4.90 Å². The summed E-state index contributed by atoms with van der Waals surface area (Å²) in [6.45, 7) is 4.09. The second-order valence-corrected chi connectivity index (χ2v) is 4.38. The van der Waals surface area contributed by atoms with Crippen LogP contribution in [0.25, 0.3) is 0 Å². The molecule has 2 unspecified atom stereocenters. The third-order valence-electron chi connectivity index (χ3n) is 2.51. The molecule has 0 aliphatic carbocycles. The molecule has 0 spiro atoms. The largest absolute Gasteiger partial charge is 0.382 e. The molecule has 17 heavy (non-hydrogen) atoms. The van der Waals surface area contributed by atoms with E-state index in [0.717, 1.165) is 0 Å². The monoisotopic (exact) mass is 265 g/mol. The smallest absolute Gasteiger partial charge is 0.248 e. The molecule has 6 heteroatoms. The first kappa shape index (κ1) is 14.7. The molecule has 5 nitrogen and oxygen atoms in total. The van der Waals surface area contributed by atoms with Crippen LogP contribution >= 0.6 is 11.6 Å². The maximum Gasteiger partial charge on any atom is 0.248 e. The Bertz CT molecular complexity index is 240. The molecule has 0 N–H and O–H groups in total. The van der Waals surface area contributed by atoms with Crippen molar-refractivity contribution in [3.05, 3.63) is 0 Å². The molecule has 1 aliphatic heterocycles. The van der Waals surface area contributed by atoms with E-state index < -0.39 is 0 Å². The standard InChI is InChI=1S/C11H20ClNO4/c1-9-6-13(7-10(5-12)17-9)11(14)8-16-4-3-15-2/h9-10H,3-8H2,1-2H3. The van der Waals surface area contributed by atoms with Crippen molar-refractivity contribution in [3.8, 4) is 0 Å². The van der Waals surface area contributed by atoms with Gasteiger partial charge in [-0.15, -0.1) is 11.6 Å². The zero-order valence-corrected chi connectivity index (χ0v) is 11.1. The maximum atomic E-state index is 11.8. The van der Waals surface area contributed by atoms with Gasteiger partial charge in [-0.25, -0.2) is 0 Å². The summed E-state index contributed by atoms with van der Waals surface area (Å²) < 4.78 is 15.6. The normalized spacial score (nSPS) is 25.0. The van der Waals surface area contributed by atoms with Crippen molar-refractivity contribution in [2.75, 3.05) is 45.9 Å². The van der Waals surface area contributed by atoms with Crippen LogP contribution in [0.3, 0.4) is 0 Å². The van der Waals surface area contributed by atoms with E-state index in [1.165, 1.54) is 0 Å². The van der Waals surface area contributed by atoms with Gasteiger partial charge in [0.2, 0.25) is 5.91 Å². The zero-order chi connectivity index (χ0) is 12.7. The van der Waals surface area contributed by atoms with Gasteiger partial charge in [0.05, 0.1) is 31.3 Å². The molecule has 1 aliphatic rings. The number of ether oxygens (including phenoxy) is 3. The lowest BCUT2D eigenvalue weighted by Gasteiger charge is -2.36. The molecule has 0 aromatic rings. The molecule has 0 radical (unpaired) electrons. The summed E-state index contributed by atoms with van der Waals surface area (Å²) in [6.07, 6.45) is -0.0567. The van der Waals surface area contributed by atoms with E-state index in [0.29, 0.717) is 32.2 Å². The average Bonchev–Trinajstić information content (AvgIpc) is 2.33. The Morgan fingerprint density at radius 3 is 2.88 bits per heavy atom. The predicted octanol–water partition coefficient (Wildman–Crippen LogP) is 0.504. The van der Waals surface area contributed by atoms with Crippen LogP contribution in [0.4, 0.5) is 0 Å². The Morgan fingerprint density at radius 1 is 1.47 bits per heavy atom. The first-order chi connectivity index (χ1) is 8.17. The Balaban J connectivity index is 2.29. The summed E-state index contributed by atoms with van der Waals surface area (Å²) in [5, 5.41) is 0. The number of halogens is 1. The molecule has 0 aromatic heterocycles. The molecule has 1 fully saturated rings. The Morgan fingerprint density at radius 2 is 2.24 bits per heavy atom. The molecular weight excluding hydrogens is 246 g/mol. The summed E-state index contributed by atoms with van der Waals surface area (Å²) in [4.78, 5) is 13.6. The number of alkyl halides is 1. The van der Waals surface area contributed by atoms with Crippen molar-refractivity contribution < 1.29 is 19.0 Å². The van der Waals surface area contributed by atoms with Crippen molar-refractivity contribution in [3.63, 3.8) is 0 Å². The van der Waals surface area contributed by atoms with E-state index in [2.05, 4.69) is 0 Å². The lowest BCUT2D eigenvalue weighted by Crippen LogP contribution is -2.50. The second kappa shape index (κ2) is 7.87. The minimum atomic E-state index is -0.0802. The van der Waals surface area contributed by atoms with Gasteiger partial charge in [0.25, 0.3) is 0 Å². The minimum Gasteiger partial charge on any atom is -0.382 e. The van der Waals surface area contributed by atoms with Crippen LogP contribution in [0.15, 0.2) is 0 Å². The summed E-state index contributed by atoms with van der Waals surface area (Å²) in [5.41, 5.74) is 0. The number of hydrogen-bond acceptors (Lipinski definition) is 4. The van der Waals surface area contributed by atoms with Crippen LogP contribution in [0.5, 0.6) is 0 Å². The summed E-state index contributed by atoms with van der Waals surface area (Å²) in [5.74, 6) is 0.380. The first-order valence-electron chi connectivity index (χ1n) is 5.73. The highest BCUT2D eigenvalue weighted by molar-refractivity contribution is 6.18. The van der Waals surface area contributed by atoms with Gasteiger partial charge < -0.3 is 19.1 Å². The van der Waals surface area contributed by atoms with Crippen molar-refractivity contribution in [1.29, 1.82) is 0 Å².